The number of benzene rings is 1. The second-order valence-electron chi connectivity index (χ2n) is 6.66. The summed E-state index contributed by atoms with van der Waals surface area (Å²) in [7, 11) is 1.66. The first-order valence-electron chi connectivity index (χ1n) is 9.21. The van der Waals surface area contributed by atoms with Gasteiger partial charge >= 0.3 is 0 Å². The average molecular weight is 361 g/mol. The molecule has 1 aromatic rings. The van der Waals surface area contributed by atoms with Gasteiger partial charge in [0.2, 0.25) is 11.8 Å². The van der Waals surface area contributed by atoms with Crippen molar-refractivity contribution < 1.29 is 19.1 Å². The quantitative estimate of drug-likeness (QED) is 0.767. The van der Waals surface area contributed by atoms with Crippen LogP contribution >= 0.6 is 0 Å². The lowest BCUT2D eigenvalue weighted by Crippen LogP contribution is -2.49. The van der Waals surface area contributed by atoms with Crippen LogP contribution in [0.4, 0.5) is 5.69 Å². The van der Waals surface area contributed by atoms with Crippen LogP contribution in [0.3, 0.4) is 0 Å². The molecule has 0 spiro atoms. The van der Waals surface area contributed by atoms with Gasteiger partial charge in [-0.2, -0.15) is 0 Å². The van der Waals surface area contributed by atoms with Gasteiger partial charge in [-0.25, -0.2) is 0 Å². The van der Waals surface area contributed by atoms with Gasteiger partial charge in [0, 0.05) is 39.3 Å². The second-order valence-corrected chi connectivity index (χ2v) is 6.66. The summed E-state index contributed by atoms with van der Waals surface area (Å²) in [6, 6.07) is 7.88. The van der Waals surface area contributed by atoms with E-state index < -0.39 is 0 Å². The van der Waals surface area contributed by atoms with Crippen molar-refractivity contribution in [3.63, 3.8) is 0 Å². The summed E-state index contributed by atoms with van der Waals surface area (Å²) >= 11 is 0. The molecule has 2 fully saturated rings. The van der Waals surface area contributed by atoms with Crippen molar-refractivity contribution in [3.8, 4) is 5.75 Å². The molecule has 0 bridgehead atoms. The smallest absolute Gasteiger partial charge is 0.232 e. The molecule has 2 aliphatic heterocycles. The summed E-state index contributed by atoms with van der Waals surface area (Å²) in [4.78, 5) is 28.3. The number of hydrogen-bond donors (Lipinski definition) is 1. The van der Waals surface area contributed by atoms with Crippen LogP contribution in [-0.4, -0.2) is 69.3 Å². The summed E-state index contributed by atoms with van der Waals surface area (Å²) in [6.07, 6.45) is 2.01. The van der Waals surface area contributed by atoms with Gasteiger partial charge in [-0.15, -0.1) is 0 Å². The molecule has 3 rings (SSSR count). The van der Waals surface area contributed by atoms with E-state index in [-0.39, 0.29) is 24.3 Å². The van der Waals surface area contributed by atoms with E-state index in [1.54, 1.807) is 12.0 Å². The van der Waals surface area contributed by atoms with Crippen LogP contribution in [0.1, 0.15) is 19.3 Å². The van der Waals surface area contributed by atoms with Gasteiger partial charge in [0.05, 0.1) is 18.9 Å². The van der Waals surface area contributed by atoms with Crippen molar-refractivity contribution in [2.75, 3.05) is 51.3 Å². The van der Waals surface area contributed by atoms with Gasteiger partial charge in [-0.05, 0) is 25.0 Å². The fraction of sp³-hybridized carbons (Fsp3) is 0.579. The first-order chi connectivity index (χ1) is 12.7. The fourth-order valence-corrected chi connectivity index (χ4v) is 3.43. The SMILES string of the molecule is COc1ccccc1N1CCN(C(=O)CC(=O)NCC2CCCO2)CC1. The first kappa shape index (κ1) is 18.5. The number of nitrogens with zero attached hydrogens (tertiary/aromatic N) is 2. The fourth-order valence-electron chi connectivity index (χ4n) is 3.43. The van der Waals surface area contributed by atoms with Gasteiger partial charge in [-0.1, -0.05) is 12.1 Å². The van der Waals surface area contributed by atoms with Crippen LogP contribution in [0.15, 0.2) is 24.3 Å². The zero-order chi connectivity index (χ0) is 18.4. The Labute approximate surface area is 154 Å². The molecule has 0 aliphatic carbocycles. The number of anilines is 1. The zero-order valence-electron chi connectivity index (χ0n) is 15.3. The van der Waals surface area contributed by atoms with Crippen LogP contribution in [0.2, 0.25) is 0 Å². The molecular weight excluding hydrogens is 334 g/mol. The van der Waals surface area contributed by atoms with E-state index in [4.69, 9.17) is 9.47 Å². The van der Waals surface area contributed by atoms with E-state index in [2.05, 4.69) is 10.2 Å². The third kappa shape index (κ3) is 4.66. The average Bonchev–Trinajstić information content (AvgIpc) is 3.20. The highest BCUT2D eigenvalue weighted by Gasteiger charge is 2.24. The molecule has 1 N–H and O–H groups in total. The minimum atomic E-state index is -0.224. The summed E-state index contributed by atoms with van der Waals surface area (Å²) < 4.78 is 10.9. The number of carbonyl (C=O) groups excluding carboxylic acids is 2. The molecule has 7 nitrogen and oxygen atoms in total. The Hall–Kier alpha value is -2.28. The Kier molecular flexibility index (Phi) is 6.33. The third-order valence-electron chi connectivity index (χ3n) is 4.92. The maximum Gasteiger partial charge on any atom is 0.232 e. The lowest BCUT2D eigenvalue weighted by Gasteiger charge is -2.36. The van der Waals surface area contributed by atoms with Gasteiger partial charge in [0.25, 0.3) is 0 Å². The largest absolute Gasteiger partial charge is 0.495 e. The Morgan fingerprint density at radius 3 is 2.69 bits per heavy atom. The van der Waals surface area contributed by atoms with Crippen molar-refractivity contribution in [2.45, 2.75) is 25.4 Å². The van der Waals surface area contributed by atoms with Crippen LogP contribution in [0, 0.1) is 0 Å². The molecule has 2 aliphatic rings. The summed E-state index contributed by atoms with van der Waals surface area (Å²) in [5, 5.41) is 2.81. The molecule has 142 valence electrons. The Balaban J connectivity index is 1.43. The number of ether oxygens (including phenoxy) is 2. The molecule has 1 atom stereocenters. The summed E-state index contributed by atoms with van der Waals surface area (Å²) in [5.74, 6) is 0.493. The molecule has 0 aromatic heterocycles. The van der Waals surface area contributed by atoms with Crippen LogP contribution in [0.5, 0.6) is 5.75 Å². The molecule has 1 aromatic carbocycles. The van der Waals surface area contributed by atoms with E-state index in [9.17, 15) is 9.59 Å². The Morgan fingerprint density at radius 1 is 1.23 bits per heavy atom. The minimum Gasteiger partial charge on any atom is -0.495 e. The number of para-hydroxylation sites is 2. The van der Waals surface area contributed by atoms with Crippen molar-refractivity contribution in [1.82, 2.24) is 10.2 Å². The predicted molar refractivity (Wildman–Crippen MR) is 98.4 cm³/mol. The zero-order valence-corrected chi connectivity index (χ0v) is 15.3. The lowest BCUT2D eigenvalue weighted by atomic mass is 10.2. The number of methoxy groups -OCH3 is 1. The molecule has 1 unspecified atom stereocenters. The van der Waals surface area contributed by atoms with Gasteiger partial charge < -0.3 is 24.6 Å². The standard InChI is InChI=1S/C19H27N3O4/c1-25-17-7-3-2-6-16(17)21-8-10-22(11-9-21)19(24)13-18(23)20-14-15-5-4-12-26-15/h2-3,6-7,15H,4-5,8-14H2,1H3,(H,20,23). The van der Waals surface area contributed by atoms with Crippen molar-refractivity contribution in [2.24, 2.45) is 0 Å². The first-order valence-corrected chi connectivity index (χ1v) is 9.21. The number of rotatable bonds is 6. The van der Waals surface area contributed by atoms with Gasteiger partial charge in [0.1, 0.15) is 12.2 Å². The topological polar surface area (TPSA) is 71.1 Å². The van der Waals surface area contributed by atoms with Gasteiger partial charge in [-0.3, -0.25) is 9.59 Å². The van der Waals surface area contributed by atoms with Crippen molar-refractivity contribution in [3.05, 3.63) is 24.3 Å². The van der Waals surface area contributed by atoms with Crippen molar-refractivity contribution >= 4 is 17.5 Å². The van der Waals surface area contributed by atoms with Crippen molar-refractivity contribution in [1.29, 1.82) is 0 Å². The molecule has 7 heteroatoms. The maximum atomic E-state index is 12.4. The number of amides is 2. The number of hydrogen-bond acceptors (Lipinski definition) is 5. The van der Waals surface area contributed by atoms with E-state index in [1.807, 2.05) is 24.3 Å². The summed E-state index contributed by atoms with van der Waals surface area (Å²) in [6.45, 7) is 3.92. The third-order valence-corrected chi connectivity index (χ3v) is 4.92. The Morgan fingerprint density at radius 2 is 2.00 bits per heavy atom. The highest BCUT2D eigenvalue weighted by Crippen LogP contribution is 2.28. The molecule has 26 heavy (non-hydrogen) atoms. The highest BCUT2D eigenvalue weighted by molar-refractivity contribution is 5.97. The monoisotopic (exact) mass is 361 g/mol. The van der Waals surface area contributed by atoms with Crippen LogP contribution in [-0.2, 0) is 14.3 Å². The molecule has 2 saturated heterocycles. The van der Waals surface area contributed by atoms with E-state index >= 15 is 0 Å². The number of nitrogens with one attached hydrogen (secondary N) is 1. The van der Waals surface area contributed by atoms with E-state index in [0.717, 1.165) is 44.0 Å². The van der Waals surface area contributed by atoms with Crippen LogP contribution in [0.25, 0.3) is 0 Å². The van der Waals surface area contributed by atoms with Gasteiger partial charge in [0.15, 0.2) is 0 Å². The molecule has 2 amide bonds. The minimum absolute atomic E-state index is 0.0958. The molecule has 0 radical (unpaired) electrons. The maximum absolute atomic E-state index is 12.4. The predicted octanol–water partition coefficient (Wildman–Crippen LogP) is 1.03. The van der Waals surface area contributed by atoms with E-state index in [1.165, 1.54) is 0 Å². The highest BCUT2D eigenvalue weighted by atomic mass is 16.5. The summed E-state index contributed by atoms with van der Waals surface area (Å²) in [5.41, 5.74) is 1.04. The normalized spacial score (nSPS) is 20.1. The number of piperazine rings is 1. The molecular formula is C19H27N3O4. The number of carbonyl (C=O) groups is 2. The molecule has 0 saturated carbocycles. The molecule has 2 heterocycles. The Bertz CT molecular complexity index is 623. The van der Waals surface area contributed by atoms with Crippen LogP contribution < -0.4 is 15.0 Å². The second kappa shape index (κ2) is 8.89. The lowest BCUT2D eigenvalue weighted by molar-refractivity contribution is -0.136. The van der Waals surface area contributed by atoms with E-state index in [0.29, 0.717) is 19.6 Å².